The van der Waals surface area contributed by atoms with Gasteiger partial charge in [-0.3, -0.25) is 9.36 Å². The Morgan fingerprint density at radius 3 is 2.75 bits per heavy atom. The molecular weight excluding hydrogens is 399 g/mol. The van der Waals surface area contributed by atoms with E-state index in [0.717, 1.165) is 11.6 Å². The van der Waals surface area contributed by atoms with E-state index in [1.165, 1.54) is 23.9 Å². The molecule has 0 saturated heterocycles. The van der Waals surface area contributed by atoms with Crippen molar-refractivity contribution in [3.8, 4) is 11.4 Å². The molecule has 0 aliphatic heterocycles. The van der Waals surface area contributed by atoms with Crippen molar-refractivity contribution in [3.05, 3.63) is 72.0 Å². The fourth-order valence-electron chi connectivity index (χ4n) is 2.51. The second kappa shape index (κ2) is 9.03. The number of allylic oxidation sites excluding steroid dienone is 1. The lowest BCUT2D eigenvalue weighted by Gasteiger charge is -2.13. The van der Waals surface area contributed by atoms with Gasteiger partial charge in [-0.2, -0.15) is 0 Å². The van der Waals surface area contributed by atoms with Crippen LogP contribution in [0.3, 0.4) is 0 Å². The molecule has 1 amide bonds. The number of carbonyl (C=O) groups excluding carboxylic acids is 1. The first-order valence-electron chi connectivity index (χ1n) is 8.51. The van der Waals surface area contributed by atoms with Crippen molar-refractivity contribution >= 4 is 35.0 Å². The average Bonchev–Trinajstić information content (AvgIpc) is 3.07. The molecule has 2 aromatic carbocycles. The van der Waals surface area contributed by atoms with Crippen LogP contribution in [0.5, 0.6) is 0 Å². The summed E-state index contributed by atoms with van der Waals surface area (Å²) < 4.78 is 15.8. The molecule has 3 rings (SSSR count). The van der Waals surface area contributed by atoms with Crippen LogP contribution in [-0.4, -0.2) is 25.9 Å². The molecule has 1 heterocycles. The second-order valence-corrected chi connectivity index (χ2v) is 7.69. The SMILES string of the molecule is C=CCn1c(S[C@H](C)C(=O)Nc2ccc(Cl)cc2F)nnc1-c1ccccc1. The standard InChI is InChI=1S/C20H18ClFN4OS/c1-3-11-26-18(14-7-5-4-6-8-14)24-25-20(26)28-13(2)19(27)23-17-10-9-15(21)12-16(17)22/h3-10,12-13H,1,11H2,2H3,(H,23,27)/t13-/m1/s1. The van der Waals surface area contributed by atoms with Gasteiger partial charge in [-0.15, -0.1) is 16.8 Å². The Bertz CT molecular complexity index is 993. The molecule has 0 saturated carbocycles. The number of halogens is 2. The number of rotatable bonds is 7. The van der Waals surface area contributed by atoms with E-state index in [2.05, 4.69) is 22.1 Å². The summed E-state index contributed by atoms with van der Waals surface area (Å²) >= 11 is 6.98. The molecule has 0 spiro atoms. The van der Waals surface area contributed by atoms with Crippen LogP contribution >= 0.6 is 23.4 Å². The second-order valence-electron chi connectivity index (χ2n) is 5.94. The predicted octanol–water partition coefficient (Wildman–Crippen LogP) is 5.04. The summed E-state index contributed by atoms with van der Waals surface area (Å²) in [5.74, 6) is -0.237. The normalized spacial score (nSPS) is 11.8. The van der Waals surface area contributed by atoms with Crippen LogP contribution in [0.25, 0.3) is 11.4 Å². The van der Waals surface area contributed by atoms with E-state index >= 15 is 0 Å². The highest BCUT2D eigenvalue weighted by atomic mass is 35.5. The summed E-state index contributed by atoms with van der Waals surface area (Å²) in [6, 6.07) is 13.8. The number of carbonyl (C=O) groups is 1. The van der Waals surface area contributed by atoms with Gasteiger partial charge >= 0.3 is 0 Å². The molecular formula is C20H18ClFN4OS. The summed E-state index contributed by atoms with van der Waals surface area (Å²) in [6.45, 7) is 6.01. The van der Waals surface area contributed by atoms with E-state index in [-0.39, 0.29) is 16.6 Å². The Kier molecular flexibility index (Phi) is 6.49. The van der Waals surface area contributed by atoms with E-state index in [0.29, 0.717) is 17.5 Å². The van der Waals surface area contributed by atoms with E-state index in [9.17, 15) is 9.18 Å². The third-order valence-electron chi connectivity index (χ3n) is 3.90. The highest BCUT2D eigenvalue weighted by Crippen LogP contribution is 2.28. The van der Waals surface area contributed by atoms with Crippen LogP contribution < -0.4 is 5.32 Å². The highest BCUT2D eigenvalue weighted by molar-refractivity contribution is 8.00. The van der Waals surface area contributed by atoms with Crippen molar-refractivity contribution in [3.63, 3.8) is 0 Å². The lowest BCUT2D eigenvalue weighted by Crippen LogP contribution is -2.23. The van der Waals surface area contributed by atoms with Crippen molar-refractivity contribution in [1.82, 2.24) is 14.8 Å². The molecule has 28 heavy (non-hydrogen) atoms. The van der Waals surface area contributed by atoms with Crippen LogP contribution in [0.15, 0.2) is 66.3 Å². The maximum atomic E-state index is 13.9. The molecule has 0 aliphatic carbocycles. The van der Waals surface area contributed by atoms with Gasteiger partial charge in [0, 0.05) is 17.1 Å². The van der Waals surface area contributed by atoms with Gasteiger partial charge in [0.1, 0.15) is 5.82 Å². The summed E-state index contributed by atoms with van der Waals surface area (Å²) in [5, 5.41) is 11.4. The van der Waals surface area contributed by atoms with E-state index in [4.69, 9.17) is 11.6 Å². The Hall–Kier alpha value is -2.64. The van der Waals surface area contributed by atoms with Gasteiger partial charge in [0.05, 0.1) is 10.9 Å². The van der Waals surface area contributed by atoms with Gasteiger partial charge in [0.25, 0.3) is 0 Å². The summed E-state index contributed by atoms with van der Waals surface area (Å²) in [4.78, 5) is 12.5. The molecule has 0 bridgehead atoms. The van der Waals surface area contributed by atoms with Crippen LogP contribution in [0, 0.1) is 5.82 Å². The third-order valence-corrected chi connectivity index (χ3v) is 5.22. The number of anilines is 1. The van der Waals surface area contributed by atoms with Gasteiger partial charge < -0.3 is 5.32 Å². The zero-order valence-corrected chi connectivity index (χ0v) is 16.7. The van der Waals surface area contributed by atoms with Crippen molar-refractivity contribution in [2.75, 3.05) is 5.32 Å². The Morgan fingerprint density at radius 1 is 1.32 bits per heavy atom. The Balaban J connectivity index is 1.78. The minimum atomic E-state index is -0.584. The molecule has 8 heteroatoms. The van der Waals surface area contributed by atoms with Crippen LogP contribution in [-0.2, 0) is 11.3 Å². The van der Waals surface area contributed by atoms with Crippen molar-refractivity contribution in [1.29, 1.82) is 0 Å². The molecule has 0 fully saturated rings. The number of thioether (sulfide) groups is 1. The maximum Gasteiger partial charge on any atom is 0.237 e. The van der Waals surface area contributed by atoms with Crippen LogP contribution in [0.1, 0.15) is 6.92 Å². The molecule has 0 aliphatic rings. The lowest BCUT2D eigenvalue weighted by molar-refractivity contribution is -0.115. The molecule has 0 radical (unpaired) electrons. The largest absolute Gasteiger partial charge is 0.323 e. The molecule has 0 unspecified atom stereocenters. The van der Waals surface area contributed by atoms with Crippen LogP contribution in [0.2, 0.25) is 5.02 Å². The highest BCUT2D eigenvalue weighted by Gasteiger charge is 2.21. The fourth-order valence-corrected chi connectivity index (χ4v) is 3.52. The summed E-state index contributed by atoms with van der Waals surface area (Å²) in [5.41, 5.74) is 1.00. The van der Waals surface area contributed by atoms with Gasteiger partial charge in [-0.05, 0) is 25.1 Å². The van der Waals surface area contributed by atoms with Crippen molar-refractivity contribution in [2.45, 2.75) is 23.9 Å². The quantitative estimate of drug-likeness (QED) is 0.433. The molecule has 1 atom stereocenters. The first-order chi connectivity index (χ1) is 13.5. The Labute approximate surface area is 171 Å². The number of benzene rings is 2. The number of hydrogen-bond donors (Lipinski definition) is 1. The maximum absolute atomic E-state index is 13.9. The number of nitrogens with one attached hydrogen (secondary N) is 1. The third kappa shape index (κ3) is 4.61. The van der Waals surface area contributed by atoms with E-state index in [1.54, 1.807) is 13.0 Å². The fraction of sp³-hybridized carbons (Fsp3) is 0.150. The molecule has 144 valence electrons. The van der Waals surface area contributed by atoms with E-state index in [1.807, 2.05) is 34.9 Å². The lowest BCUT2D eigenvalue weighted by atomic mass is 10.2. The number of hydrogen-bond acceptors (Lipinski definition) is 4. The molecule has 5 nitrogen and oxygen atoms in total. The summed E-state index contributed by atoms with van der Waals surface area (Å²) in [6.07, 6.45) is 1.74. The summed E-state index contributed by atoms with van der Waals surface area (Å²) in [7, 11) is 0. The first-order valence-corrected chi connectivity index (χ1v) is 9.77. The zero-order chi connectivity index (χ0) is 20.1. The van der Waals surface area contributed by atoms with Gasteiger partial charge in [0.15, 0.2) is 11.0 Å². The number of nitrogens with zero attached hydrogens (tertiary/aromatic N) is 3. The van der Waals surface area contributed by atoms with Gasteiger partial charge in [0.2, 0.25) is 5.91 Å². The van der Waals surface area contributed by atoms with Gasteiger partial charge in [-0.1, -0.05) is 59.8 Å². The first kappa shape index (κ1) is 20.1. The van der Waals surface area contributed by atoms with Crippen molar-refractivity contribution in [2.24, 2.45) is 0 Å². The Morgan fingerprint density at radius 2 is 2.07 bits per heavy atom. The minimum absolute atomic E-state index is 0.0828. The number of amides is 1. The topological polar surface area (TPSA) is 59.8 Å². The average molecular weight is 417 g/mol. The van der Waals surface area contributed by atoms with Gasteiger partial charge in [-0.25, -0.2) is 4.39 Å². The van der Waals surface area contributed by atoms with E-state index < -0.39 is 11.1 Å². The molecule has 1 N–H and O–H groups in total. The molecule has 1 aromatic heterocycles. The van der Waals surface area contributed by atoms with Crippen molar-refractivity contribution < 1.29 is 9.18 Å². The monoisotopic (exact) mass is 416 g/mol. The predicted molar refractivity (Wildman–Crippen MR) is 111 cm³/mol. The van der Waals surface area contributed by atoms with Crippen LogP contribution in [0.4, 0.5) is 10.1 Å². The number of aromatic nitrogens is 3. The zero-order valence-electron chi connectivity index (χ0n) is 15.1. The molecule has 3 aromatic rings. The minimum Gasteiger partial charge on any atom is -0.323 e. The smallest absolute Gasteiger partial charge is 0.237 e.